The van der Waals surface area contributed by atoms with E-state index >= 15 is 0 Å². The van der Waals surface area contributed by atoms with Crippen molar-refractivity contribution in [3.05, 3.63) is 65.7 Å². The molecule has 172 valence electrons. The Hall–Kier alpha value is -1.80. The van der Waals surface area contributed by atoms with E-state index in [9.17, 15) is 5.11 Å². The summed E-state index contributed by atoms with van der Waals surface area (Å²) >= 11 is 0. The van der Waals surface area contributed by atoms with Crippen molar-refractivity contribution in [3.63, 3.8) is 0 Å². The third kappa shape index (κ3) is 3.59. The number of fused-ring (bicyclic) bond motifs is 1. The van der Waals surface area contributed by atoms with Gasteiger partial charge in [0, 0.05) is 25.2 Å². The highest BCUT2D eigenvalue weighted by molar-refractivity contribution is 5.49. The van der Waals surface area contributed by atoms with Gasteiger partial charge >= 0.3 is 0 Å². The van der Waals surface area contributed by atoms with Crippen molar-refractivity contribution in [2.24, 2.45) is 29.1 Å². The zero-order chi connectivity index (χ0) is 22.5. The lowest BCUT2D eigenvalue weighted by Gasteiger charge is -2.59. The molecule has 2 aromatic rings. The third-order valence-electron chi connectivity index (χ3n) is 9.80. The first kappa shape index (κ1) is 22.0. The second kappa shape index (κ2) is 8.20. The monoisotopic (exact) mass is 431 g/mol. The normalized spacial score (nSPS) is 33.2. The number of rotatable bonds is 6. The van der Waals surface area contributed by atoms with Gasteiger partial charge < -0.3 is 10.0 Å². The summed E-state index contributed by atoms with van der Waals surface area (Å²) in [4.78, 5) is 2.30. The first-order chi connectivity index (χ1) is 15.3. The molecule has 1 N–H and O–H groups in total. The van der Waals surface area contributed by atoms with Crippen LogP contribution < -0.4 is 4.90 Å². The van der Waals surface area contributed by atoms with E-state index in [4.69, 9.17) is 0 Å². The fourth-order valence-corrected chi connectivity index (χ4v) is 7.53. The number of hydrogen-bond donors (Lipinski definition) is 1. The number of anilines is 1. The summed E-state index contributed by atoms with van der Waals surface area (Å²) in [7, 11) is 2.15. The second-order valence-electron chi connectivity index (χ2n) is 11.7. The van der Waals surface area contributed by atoms with Crippen LogP contribution in [0.3, 0.4) is 0 Å². The van der Waals surface area contributed by atoms with Crippen molar-refractivity contribution in [1.29, 1.82) is 0 Å². The fraction of sp³-hybridized carbons (Fsp3) is 0.600. The molecular formula is C30H41NO. The highest BCUT2D eigenvalue weighted by atomic mass is 16.3. The molecule has 2 bridgehead atoms. The number of aliphatic hydroxyl groups is 1. The summed E-state index contributed by atoms with van der Waals surface area (Å²) < 4.78 is 0. The molecule has 0 heterocycles. The fourth-order valence-electron chi connectivity index (χ4n) is 7.53. The first-order valence-electron chi connectivity index (χ1n) is 12.9. The van der Waals surface area contributed by atoms with Crippen LogP contribution in [0.5, 0.6) is 0 Å². The molecule has 5 rings (SSSR count). The SMILES string of the molecule is CC1CCC2C(C(O)(Cc3ccccc3)c3ccc(N(C)C(C)C)cc3)CC23CCC1C3. The Labute approximate surface area is 195 Å². The van der Waals surface area contributed by atoms with Gasteiger partial charge in [-0.05, 0) is 98.3 Å². The van der Waals surface area contributed by atoms with Crippen molar-refractivity contribution in [2.45, 2.75) is 77.4 Å². The largest absolute Gasteiger partial charge is 0.385 e. The Morgan fingerprint density at radius 1 is 1.00 bits per heavy atom. The minimum atomic E-state index is -0.794. The standard InChI is InChI=1S/C30H41NO/c1-21(2)31(4)26-13-11-25(12-14-26)30(32,18-23-8-6-5-7-9-23)28-20-29-17-16-24(19-29)22(3)10-15-27(28)29/h5-9,11-14,21-22,24,27-28,32H,10,15-20H2,1-4H3. The summed E-state index contributed by atoms with van der Waals surface area (Å²) in [6, 6.07) is 19.9. The predicted octanol–water partition coefficient (Wildman–Crippen LogP) is 6.81. The van der Waals surface area contributed by atoms with Crippen molar-refractivity contribution in [2.75, 3.05) is 11.9 Å². The summed E-state index contributed by atoms with van der Waals surface area (Å²) in [6.07, 6.45) is 8.78. The van der Waals surface area contributed by atoms with Crippen LogP contribution in [-0.4, -0.2) is 18.2 Å². The Bertz CT molecular complexity index is 922. The number of nitrogens with zero attached hydrogens (tertiary/aromatic N) is 1. The van der Waals surface area contributed by atoms with Crippen LogP contribution in [0.25, 0.3) is 0 Å². The molecule has 3 aliphatic rings. The number of benzene rings is 2. The smallest absolute Gasteiger partial charge is 0.0967 e. The lowest BCUT2D eigenvalue weighted by atomic mass is 9.46. The molecule has 6 unspecified atom stereocenters. The summed E-state index contributed by atoms with van der Waals surface area (Å²) in [5, 5.41) is 12.5. The molecule has 0 aromatic heterocycles. The Morgan fingerprint density at radius 3 is 2.41 bits per heavy atom. The summed E-state index contributed by atoms with van der Waals surface area (Å²) in [5.74, 6) is 2.81. The van der Waals surface area contributed by atoms with E-state index in [2.05, 4.69) is 87.3 Å². The maximum atomic E-state index is 12.5. The highest BCUT2D eigenvalue weighted by Gasteiger charge is 2.63. The Kier molecular flexibility index (Phi) is 5.64. The van der Waals surface area contributed by atoms with Crippen molar-refractivity contribution < 1.29 is 5.11 Å². The quantitative estimate of drug-likeness (QED) is 0.543. The van der Waals surface area contributed by atoms with E-state index in [0.29, 0.717) is 29.7 Å². The molecule has 0 radical (unpaired) electrons. The number of hydrogen-bond acceptors (Lipinski definition) is 2. The van der Waals surface area contributed by atoms with Gasteiger partial charge in [-0.3, -0.25) is 0 Å². The summed E-state index contributed by atoms with van der Waals surface area (Å²) in [5.41, 5.74) is 3.29. The Morgan fingerprint density at radius 2 is 1.72 bits per heavy atom. The van der Waals surface area contributed by atoms with E-state index in [0.717, 1.165) is 17.4 Å². The minimum Gasteiger partial charge on any atom is -0.385 e. The first-order valence-corrected chi connectivity index (χ1v) is 12.9. The molecule has 0 saturated heterocycles. The average Bonchev–Trinajstić information content (AvgIpc) is 3.22. The minimum absolute atomic E-state index is 0.362. The lowest BCUT2D eigenvalue weighted by molar-refractivity contribution is -0.164. The third-order valence-corrected chi connectivity index (χ3v) is 9.80. The van der Waals surface area contributed by atoms with Gasteiger partial charge in [0.25, 0.3) is 0 Å². The Balaban J connectivity index is 1.49. The topological polar surface area (TPSA) is 23.5 Å². The molecule has 3 saturated carbocycles. The van der Waals surface area contributed by atoms with E-state index in [1.807, 2.05) is 0 Å². The average molecular weight is 432 g/mol. The van der Waals surface area contributed by atoms with E-state index in [1.54, 1.807) is 0 Å². The maximum absolute atomic E-state index is 12.5. The van der Waals surface area contributed by atoms with Crippen LogP contribution in [-0.2, 0) is 12.0 Å². The van der Waals surface area contributed by atoms with Crippen molar-refractivity contribution in [3.8, 4) is 0 Å². The van der Waals surface area contributed by atoms with Gasteiger partial charge in [-0.2, -0.15) is 0 Å². The molecule has 2 nitrogen and oxygen atoms in total. The van der Waals surface area contributed by atoms with Crippen LogP contribution in [0.2, 0.25) is 0 Å². The predicted molar refractivity (Wildman–Crippen MR) is 134 cm³/mol. The van der Waals surface area contributed by atoms with Crippen LogP contribution in [0.4, 0.5) is 5.69 Å². The maximum Gasteiger partial charge on any atom is 0.0967 e. The van der Waals surface area contributed by atoms with Crippen LogP contribution >= 0.6 is 0 Å². The molecule has 2 aromatic carbocycles. The molecular weight excluding hydrogens is 390 g/mol. The molecule has 0 amide bonds. The van der Waals surface area contributed by atoms with Crippen LogP contribution in [0, 0.1) is 29.1 Å². The van der Waals surface area contributed by atoms with Gasteiger partial charge in [0.05, 0.1) is 5.60 Å². The van der Waals surface area contributed by atoms with Gasteiger partial charge in [-0.15, -0.1) is 0 Å². The molecule has 6 atom stereocenters. The highest BCUT2D eigenvalue weighted by Crippen LogP contribution is 2.69. The van der Waals surface area contributed by atoms with Gasteiger partial charge in [0.15, 0.2) is 0 Å². The zero-order valence-corrected chi connectivity index (χ0v) is 20.4. The van der Waals surface area contributed by atoms with Gasteiger partial charge in [-0.25, -0.2) is 0 Å². The van der Waals surface area contributed by atoms with Crippen LogP contribution in [0.1, 0.15) is 70.4 Å². The van der Waals surface area contributed by atoms with Crippen molar-refractivity contribution in [1.82, 2.24) is 0 Å². The van der Waals surface area contributed by atoms with E-state index in [-0.39, 0.29) is 0 Å². The molecule has 3 fully saturated rings. The molecule has 3 aliphatic carbocycles. The van der Waals surface area contributed by atoms with Gasteiger partial charge in [0.1, 0.15) is 0 Å². The van der Waals surface area contributed by atoms with Gasteiger partial charge in [0.2, 0.25) is 0 Å². The van der Waals surface area contributed by atoms with Crippen LogP contribution in [0.15, 0.2) is 54.6 Å². The summed E-state index contributed by atoms with van der Waals surface area (Å²) in [6.45, 7) is 6.91. The molecule has 32 heavy (non-hydrogen) atoms. The molecule has 1 spiro atoms. The van der Waals surface area contributed by atoms with Gasteiger partial charge in [-0.1, -0.05) is 55.8 Å². The van der Waals surface area contributed by atoms with Crippen molar-refractivity contribution >= 4 is 5.69 Å². The molecule has 2 heteroatoms. The zero-order valence-electron chi connectivity index (χ0n) is 20.4. The molecule has 0 aliphatic heterocycles. The second-order valence-corrected chi connectivity index (χ2v) is 11.7. The van der Waals surface area contributed by atoms with E-state index < -0.39 is 5.60 Å². The lowest BCUT2D eigenvalue weighted by Crippen LogP contribution is -2.56. The van der Waals surface area contributed by atoms with E-state index in [1.165, 1.54) is 49.8 Å².